The summed E-state index contributed by atoms with van der Waals surface area (Å²) in [5.74, 6) is -10.5. The first-order valence-corrected chi connectivity index (χ1v) is 11.9. The molecule has 1 aromatic carbocycles. The van der Waals surface area contributed by atoms with Gasteiger partial charge in [-0.25, -0.2) is 4.39 Å². The Bertz CT molecular complexity index is 1180. The third-order valence-electron chi connectivity index (χ3n) is 8.15. The SMILES string of the molecule is CNc1cc(CN(C)C(C)CF)c(O)c2c1C[C@H]1C[C@H]3CC(=O)C(C(N)=O)C(=O)[C@@]3(O)C(=O)C1C2=O. The van der Waals surface area contributed by atoms with Crippen LogP contribution in [0.25, 0.3) is 0 Å². The number of nitrogens with two attached hydrogens (primary N) is 1. The largest absolute Gasteiger partial charge is 0.507 e. The summed E-state index contributed by atoms with van der Waals surface area (Å²) >= 11 is 0. The number of rotatable bonds is 6. The maximum atomic E-state index is 13.7. The summed E-state index contributed by atoms with van der Waals surface area (Å²) in [7, 11) is 3.32. The summed E-state index contributed by atoms with van der Waals surface area (Å²) in [5, 5.41) is 25.4. The number of carbonyl (C=O) groups excluding carboxylic acids is 5. The smallest absolute Gasteiger partial charge is 0.235 e. The first-order valence-electron chi connectivity index (χ1n) is 11.9. The number of fused-ring (bicyclic) bond motifs is 3. The summed E-state index contributed by atoms with van der Waals surface area (Å²) in [6.45, 7) is 1.19. The van der Waals surface area contributed by atoms with Gasteiger partial charge in [-0.1, -0.05) is 0 Å². The molecule has 0 spiro atoms. The van der Waals surface area contributed by atoms with E-state index in [1.807, 2.05) is 0 Å². The molecule has 10 nitrogen and oxygen atoms in total. The number of ketones is 4. The minimum absolute atomic E-state index is 0.0312. The lowest BCUT2D eigenvalue weighted by Crippen LogP contribution is -2.68. The minimum Gasteiger partial charge on any atom is -0.507 e. The summed E-state index contributed by atoms with van der Waals surface area (Å²) in [4.78, 5) is 66.1. The van der Waals surface area contributed by atoms with Crippen molar-refractivity contribution in [1.82, 2.24) is 4.90 Å². The topological polar surface area (TPSA) is 167 Å². The Morgan fingerprint density at radius 1 is 1.28 bits per heavy atom. The molecule has 36 heavy (non-hydrogen) atoms. The second-order valence-electron chi connectivity index (χ2n) is 10.2. The van der Waals surface area contributed by atoms with Gasteiger partial charge in [-0.15, -0.1) is 0 Å². The number of hydrogen-bond acceptors (Lipinski definition) is 9. The Kier molecular flexibility index (Phi) is 6.50. The van der Waals surface area contributed by atoms with Gasteiger partial charge in [0.1, 0.15) is 12.4 Å². The van der Waals surface area contributed by atoms with E-state index in [-0.39, 0.29) is 37.1 Å². The highest BCUT2D eigenvalue weighted by Gasteiger charge is 2.66. The maximum Gasteiger partial charge on any atom is 0.235 e. The molecule has 4 rings (SSSR count). The average molecular weight is 504 g/mol. The van der Waals surface area contributed by atoms with Crippen LogP contribution in [0.5, 0.6) is 5.75 Å². The number of nitrogens with one attached hydrogen (secondary N) is 1. The number of hydrogen-bond donors (Lipinski definition) is 4. The molecule has 0 heterocycles. The molecule has 3 aliphatic carbocycles. The normalized spacial score (nSPS) is 30.5. The van der Waals surface area contributed by atoms with Gasteiger partial charge in [-0.2, -0.15) is 0 Å². The van der Waals surface area contributed by atoms with Gasteiger partial charge in [0, 0.05) is 43.2 Å². The minimum atomic E-state index is -2.68. The Morgan fingerprint density at radius 2 is 1.94 bits per heavy atom. The molecule has 2 saturated carbocycles. The molecule has 3 aliphatic rings. The van der Waals surface area contributed by atoms with Gasteiger partial charge in [0.05, 0.1) is 11.5 Å². The summed E-state index contributed by atoms with van der Waals surface area (Å²) in [6.07, 6.45) is -0.163. The Balaban J connectivity index is 1.78. The number of aliphatic hydroxyl groups is 1. The number of Topliss-reactive ketones (excluding diaryl/α,β-unsaturated/α-hetero) is 4. The molecular weight excluding hydrogens is 473 g/mol. The van der Waals surface area contributed by atoms with Crippen molar-refractivity contribution in [3.05, 3.63) is 22.8 Å². The van der Waals surface area contributed by atoms with Crippen LogP contribution in [0.3, 0.4) is 0 Å². The number of halogens is 1. The van der Waals surface area contributed by atoms with Crippen LogP contribution in [-0.2, 0) is 32.1 Å². The van der Waals surface area contributed by atoms with Crippen molar-refractivity contribution in [3.8, 4) is 5.75 Å². The van der Waals surface area contributed by atoms with Gasteiger partial charge in [0.15, 0.2) is 34.7 Å². The molecule has 0 bridgehead atoms. The van der Waals surface area contributed by atoms with E-state index in [0.717, 1.165) is 0 Å². The van der Waals surface area contributed by atoms with Crippen molar-refractivity contribution < 1.29 is 38.6 Å². The summed E-state index contributed by atoms with van der Waals surface area (Å²) in [6, 6.07) is 1.23. The lowest BCUT2D eigenvalue weighted by Gasteiger charge is -2.48. The van der Waals surface area contributed by atoms with Crippen LogP contribution in [0, 0.1) is 23.7 Å². The van der Waals surface area contributed by atoms with Crippen molar-refractivity contribution in [1.29, 1.82) is 0 Å². The van der Waals surface area contributed by atoms with Gasteiger partial charge in [-0.05, 0) is 44.4 Å². The molecule has 2 fully saturated rings. The lowest BCUT2D eigenvalue weighted by atomic mass is 9.53. The zero-order chi connectivity index (χ0) is 26.7. The third kappa shape index (κ3) is 3.64. The van der Waals surface area contributed by atoms with E-state index in [9.17, 15) is 38.6 Å². The average Bonchev–Trinajstić information content (AvgIpc) is 2.82. The lowest BCUT2D eigenvalue weighted by molar-refractivity contribution is -0.175. The van der Waals surface area contributed by atoms with E-state index >= 15 is 0 Å². The van der Waals surface area contributed by atoms with E-state index in [2.05, 4.69) is 5.32 Å². The highest BCUT2D eigenvalue weighted by atomic mass is 19.1. The Hall–Kier alpha value is -3.18. The van der Waals surface area contributed by atoms with Crippen LogP contribution in [0.1, 0.15) is 41.3 Å². The van der Waals surface area contributed by atoms with Crippen LogP contribution in [0.2, 0.25) is 0 Å². The van der Waals surface area contributed by atoms with Gasteiger partial charge in [0.2, 0.25) is 5.91 Å². The van der Waals surface area contributed by atoms with Gasteiger partial charge >= 0.3 is 0 Å². The summed E-state index contributed by atoms with van der Waals surface area (Å²) < 4.78 is 13.1. The molecule has 11 heteroatoms. The molecule has 1 amide bonds. The van der Waals surface area contributed by atoms with Crippen molar-refractivity contribution in [2.24, 2.45) is 29.4 Å². The standard InChI is InChI=1S/C25H30FN3O7/c1-10(8-26)29(3)9-12-6-15(28-2)14-5-11-4-13-7-16(30)19(24(27)35)23(34)25(13,36)22(33)17(11)21(32)18(14)20(12)31/h6,10-11,13,17,19,28,31,36H,4-5,7-9H2,1-3H3,(H2,27,35)/t10?,11-,13+,17?,19?,25+/m1/s1. The van der Waals surface area contributed by atoms with Gasteiger partial charge in [-0.3, -0.25) is 28.9 Å². The maximum absolute atomic E-state index is 13.7. The number of nitrogens with zero attached hydrogens (tertiary/aromatic N) is 1. The number of primary amides is 1. The molecule has 194 valence electrons. The van der Waals surface area contributed by atoms with E-state index in [4.69, 9.17) is 5.73 Å². The van der Waals surface area contributed by atoms with E-state index in [1.54, 1.807) is 32.0 Å². The van der Waals surface area contributed by atoms with E-state index in [0.29, 0.717) is 16.8 Å². The fourth-order valence-corrected chi connectivity index (χ4v) is 5.98. The molecule has 5 N–H and O–H groups in total. The zero-order valence-electron chi connectivity index (χ0n) is 20.3. The van der Waals surface area contributed by atoms with Gasteiger partial charge < -0.3 is 21.3 Å². The zero-order valence-corrected chi connectivity index (χ0v) is 20.3. The number of phenols is 1. The Morgan fingerprint density at radius 3 is 2.53 bits per heavy atom. The first-order chi connectivity index (χ1) is 16.9. The number of anilines is 1. The predicted octanol–water partition coefficient (Wildman–Crippen LogP) is 0.158. The number of benzene rings is 1. The molecular formula is C25H30FN3O7. The second-order valence-corrected chi connectivity index (χ2v) is 10.2. The number of alkyl halides is 1. The fourth-order valence-electron chi connectivity index (χ4n) is 5.98. The molecule has 6 atom stereocenters. The molecule has 1 aromatic rings. The monoisotopic (exact) mass is 503 g/mol. The van der Waals surface area contributed by atoms with Gasteiger partial charge in [0.25, 0.3) is 0 Å². The first kappa shape index (κ1) is 25.9. The van der Waals surface area contributed by atoms with Crippen LogP contribution >= 0.6 is 0 Å². The van der Waals surface area contributed by atoms with Crippen LogP contribution in [-0.4, -0.2) is 76.6 Å². The highest BCUT2D eigenvalue weighted by molar-refractivity contribution is 6.31. The van der Waals surface area contributed by atoms with Crippen molar-refractivity contribution in [2.75, 3.05) is 26.1 Å². The van der Waals surface area contributed by atoms with Crippen LogP contribution in [0.4, 0.5) is 10.1 Å². The Labute approximate surface area is 207 Å². The van der Waals surface area contributed by atoms with E-state index in [1.165, 1.54) is 0 Å². The summed E-state index contributed by atoms with van der Waals surface area (Å²) in [5.41, 5.74) is 3.83. The number of amides is 1. The quantitative estimate of drug-likeness (QED) is 0.312. The number of carbonyl (C=O) groups is 5. The molecule has 0 saturated heterocycles. The van der Waals surface area contributed by atoms with Crippen molar-refractivity contribution in [2.45, 2.75) is 44.4 Å². The van der Waals surface area contributed by atoms with Crippen molar-refractivity contribution in [3.63, 3.8) is 0 Å². The molecule has 3 unspecified atom stereocenters. The van der Waals surface area contributed by atoms with E-state index < -0.39 is 71.0 Å². The molecule has 0 aromatic heterocycles. The second kappa shape index (κ2) is 9.04. The fraction of sp³-hybridized carbons (Fsp3) is 0.560. The predicted molar refractivity (Wildman–Crippen MR) is 125 cm³/mol. The van der Waals surface area contributed by atoms with Crippen molar-refractivity contribution >= 4 is 34.7 Å². The van der Waals surface area contributed by atoms with Crippen LogP contribution in [0.15, 0.2) is 6.07 Å². The number of phenolic OH excluding ortho intramolecular Hbond substituents is 1. The van der Waals surface area contributed by atoms with Crippen LogP contribution < -0.4 is 11.1 Å². The molecule has 0 radical (unpaired) electrons. The third-order valence-corrected chi connectivity index (χ3v) is 8.15. The number of aromatic hydroxyl groups is 1. The highest BCUT2D eigenvalue weighted by Crippen LogP contribution is 2.51. The molecule has 0 aliphatic heterocycles.